The van der Waals surface area contributed by atoms with Crippen molar-refractivity contribution in [2.45, 2.75) is 71.1 Å². The first-order chi connectivity index (χ1) is 13.4. The number of rotatable bonds is 6. The zero-order valence-electron chi connectivity index (χ0n) is 17.3. The highest BCUT2D eigenvalue weighted by Gasteiger charge is 2.33. The Morgan fingerprint density at radius 3 is 2.71 bits per heavy atom. The molecule has 1 fully saturated rings. The fraction of sp³-hybridized carbons (Fsp3) is 0.636. The SMILES string of the molecule is CC(C)c1noc([C@@H](NCc2cccc3c2OC(C)(C)C3)C2CCOCC2)n1. The van der Waals surface area contributed by atoms with Gasteiger partial charge in [-0.05, 0) is 38.2 Å². The molecule has 6 heteroatoms. The molecule has 0 amide bonds. The Morgan fingerprint density at radius 1 is 1.21 bits per heavy atom. The molecule has 152 valence electrons. The Hall–Kier alpha value is -1.92. The summed E-state index contributed by atoms with van der Waals surface area (Å²) in [5.74, 6) is 3.15. The van der Waals surface area contributed by atoms with Crippen LogP contribution in [0.4, 0.5) is 0 Å². The van der Waals surface area contributed by atoms with E-state index < -0.39 is 0 Å². The van der Waals surface area contributed by atoms with E-state index in [0.29, 0.717) is 18.4 Å². The van der Waals surface area contributed by atoms with Gasteiger partial charge in [-0.3, -0.25) is 0 Å². The molecule has 4 rings (SSSR count). The van der Waals surface area contributed by atoms with Crippen molar-refractivity contribution in [3.63, 3.8) is 0 Å². The average molecular weight is 386 g/mol. The molecule has 1 atom stereocenters. The smallest absolute Gasteiger partial charge is 0.244 e. The molecular weight excluding hydrogens is 354 g/mol. The van der Waals surface area contributed by atoms with Gasteiger partial charge in [-0.1, -0.05) is 37.2 Å². The van der Waals surface area contributed by atoms with E-state index in [-0.39, 0.29) is 17.6 Å². The predicted octanol–water partition coefficient (Wildman–Crippen LogP) is 4.16. The van der Waals surface area contributed by atoms with E-state index in [1.807, 2.05) is 0 Å². The van der Waals surface area contributed by atoms with Crippen LogP contribution in [0.2, 0.25) is 0 Å². The molecule has 0 unspecified atom stereocenters. The number of benzene rings is 1. The molecule has 2 aliphatic rings. The fourth-order valence-corrected chi connectivity index (χ4v) is 4.15. The molecular formula is C22H31N3O3. The Bertz CT molecular complexity index is 809. The zero-order chi connectivity index (χ0) is 19.7. The lowest BCUT2D eigenvalue weighted by molar-refractivity contribution is 0.0484. The van der Waals surface area contributed by atoms with E-state index in [9.17, 15) is 0 Å². The summed E-state index contributed by atoms with van der Waals surface area (Å²) in [4.78, 5) is 4.68. The average Bonchev–Trinajstić information content (AvgIpc) is 3.26. The summed E-state index contributed by atoms with van der Waals surface area (Å²) in [6.07, 6.45) is 2.93. The van der Waals surface area contributed by atoms with Gasteiger partial charge in [0.2, 0.25) is 5.89 Å². The normalized spacial score (nSPS) is 20.2. The summed E-state index contributed by atoms with van der Waals surface area (Å²) in [5.41, 5.74) is 2.33. The van der Waals surface area contributed by atoms with Crippen molar-refractivity contribution in [3.05, 3.63) is 41.0 Å². The third kappa shape index (κ3) is 4.08. The largest absolute Gasteiger partial charge is 0.487 e. The van der Waals surface area contributed by atoms with Gasteiger partial charge in [0.15, 0.2) is 5.82 Å². The quantitative estimate of drug-likeness (QED) is 0.805. The third-order valence-electron chi connectivity index (χ3n) is 5.66. The Labute approximate surface area is 167 Å². The zero-order valence-corrected chi connectivity index (χ0v) is 17.3. The first kappa shape index (κ1) is 19.4. The highest BCUT2D eigenvalue weighted by atomic mass is 16.5. The molecule has 1 aromatic heterocycles. The number of nitrogens with zero attached hydrogens (tertiary/aromatic N) is 2. The molecule has 1 saturated heterocycles. The van der Waals surface area contributed by atoms with Crippen molar-refractivity contribution in [1.82, 2.24) is 15.5 Å². The molecule has 2 aromatic rings. The van der Waals surface area contributed by atoms with Gasteiger partial charge in [-0.25, -0.2) is 0 Å². The highest BCUT2D eigenvalue weighted by molar-refractivity contribution is 5.45. The van der Waals surface area contributed by atoms with Gasteiger partial charge in [0, 0.05) is 37.7 Å². The van der Waals surface area contributed by atoms with E-state index in [1.165, 1.54) is 11.1 Å². The molecule has 1 aromatic carbocycles. The first-order valence-electron chi connectivity index (χ1n) is 10.4. The number of hydrogen-bond donors (Lipinski definition) is 1. The van der Waals surface area contributed by atoms with Crippen LogP contribution in [0.15, 0.2) is 22.7 Å². The van der Waals surface area contributed by atoms with Gasteiger partial charge in [-0.15, -0.1) is 0 Å². The van der Waals surface area contributed by atoms with Crippen LogP contribution in [0.1, 0.15) is 75.3 Å². The summed E-state index contributed by atoms with van der Waals surface area (Å²) in [6.45, 7) is 10.7. The first-order valence-corrected chi connectivity index (χ1v) is 10.4. The maximum atomic E-state index is 6.23. The number of fused-ring (bicyclic) bond motifs is 1. The van der Waals surface area contributed by atoms with Gasteiger partial charge >= 0.3 is 0 Å². The molecule has 0 bridgehead atoms. The summed E-state index contributed by atoms with van der Waals surface area (Å²) in [7, 11) is 0. The van der Waals surface area contributed by atoms with Crippen LogP contribution in [0.25, 0.3) is 0 Å². The second-order valence-corrected chi connectivity index (χ2v) is 8.90. The van der Waals surface area contributed by atoms with Gasteiger partial charge in [0.05, 0.1) is 6.04 Å². The number of para-hydroxylation sites is 1. The summed E-state index contributed by atoms with van der Waals surface area (Å²) in [6, 6.07) is 6.44. The molecule has 0 spiro atoms. The molecule has 2 aliphatic heterocycles. The van der Waals surface area contributed by atoms with E-state index in [0.717, 1.165) is 44.1 Å². The summed E-state index contributed by atoms with van der Waals surface area (Å²) in [5, 5.41) is 7.88. The van der Waals surface area contributed by atoms with Crippen molar-refractivity contribution in [3.8, 4) is 5.75 Å². The van der Waals surface area contributed by atoms with Crippen LogP contribution < -0.4 is 10.1 Å². The van der Waals surface area contributed by atoms with Crippen molar-refractivity contribution in [1.29, 1.82) is 0 Å². The molecule has 0 saturated carbocycles. The second kappa shape index (κ2) is 7.84. The minimum absolute atomic E-state index is 0.0224. The molecule has 6 nitrogen and oxygen atoms in total. The minimum atomic E-state index is -0.142. The van der Waals surface area contributed by atoms with Crippen molar-refractivity contribution in [2.24, 2.45) is 5.92 Å². The van der Waals surface area contributed by atoms with Crippen molar-refractivity contribution < 1.29 is 14.0 Å². The van der Waals surface area contributed by atoms with E-state index in [4.69, 9.17) is 14.0 Å². The minimum Gasteiger partial charge on any atom is -0.487 e. The van der Waals surface area contributed by atoms with Gasteiger partial charge in [0.1, 0.15) is 11.4 Å². The lowest BCUT2D eigenvalue weighted by atomic mass is 9.91. The van der Waals surface area contributed by atoms with Crippen LogP contribution in [0.3, 0.4) is 0 Å². The van der Waals surface area contributed by atoms with Gasteiger partial charge < -0.3 is 19.3 Å². The van der Waals surface area contributed by atoms with Crippen LogP contribution in [0.5, 0.6) is 5.75 Å². The molecule has 3 heterocycles. The standard InChI is InChI=1S/C22H31N3O3/c1-14(2)20-24-21(28-25-20)18(15-8-10-26-11-9-15)23-13-17-7-5-6-16-12-22(3,4)27-19(16)17/h5-7,14-15,18,23H,8-13H2,1-4H3/t18-/m0/s1. The van der Waals surface area contributed by atoms with E-state index in [1.54, 1.807) is 0 Å². The summed E-state index contributed by atoms with van der Waals surface area (Å²) < 4.78 is 17.5. The van der Waals surface area contributed by atoms with Crippen LogP contribution in [-0.2, 0) is 17.7 Å². The topological polar surface area (TPSA) is 69.4 Å². The maximum Gasteiger partial charge on any atom is 0.244 e. The highest BCUT2D eigenvalue weighted by Crippen LogP contribution is 2.38. The fourth-order valence-electron chi connectivity index (χ4n) is 4.15. The Balaban J connectivity index is 1.54. The molecule has 0 radical (unpaired) electrons. The molecule has 0 aliphatic carbocycles. The number of ether oxygens (including phenoxy) is 2. The Kier molecular flexibility index (Phi) is 5.43. The number of aromatic nitrogens is 2. The Morgan fingerprint density at radius 2 is 2.00 bits per heavy atom. The second-order valence-electron chi connectivity index (χ2n) is 8.90. The van der Waals surface area contributed by atoms with Crippen LogP contribution in [-0.4, -0.2) is 29.0 Å². The maximum absolute atomic E-state index is 6.23. The van der Waals surface area contributed by atoms with Gasteiger partial charge in [-0.2, -0.15) is 4.98 Å². The van der Waals surface area contributed by atoms with Crippen molar-refractivity contribution in [2.75, 3.05) is 13.2 Å². The monoisotopic (exact) mass is 385 g/mol. The predicted molar refractivity (Wildman–Crippen MR) is 106 cm³/mol. The summed E-state index contributed by atoms with van der Waals surface area (Å²) >= 11 is 0. The number of nitrogens with one attached hydrogen (secondary N) is 1. The van der Waals surface area contributed by atoms with E-state index >= 15 is 0 Å². The molecule has 28 heavy (non-hydrogen) atoms. The van der Waals surface area contributed by atoms with E-state index in [2.05, 4.69) is 61.4 Å². The molecule has 1 N–H and O–H groups in total. The van der Waals surface area contributed by atoms with Gasteiger partial charge in [0.25, 0.3) is 0 Å². The van der Waals surface area contributed by atoms with Crippen LogP contribution >= 0.6 is 0 Å². The van der Waals surface area contributed by atoms with Crippen molar-refractivity contribution >= 4 is 0 Å². The number of hydrogen-bond acceptors (Lipinski definition) is 6. The lowest BCUT2D eigenvalue weighted by Crippen LogP contribution is -2.32. The third-order valence-corrected chi connectivity index (χ3v) is 5.66. The van der Waals surface area contributed by atoms with Crippen LogP contribution in [0, 0.1) is 5.92 Å². The lowest BCUT2D eigenvalue weighted by Gasteiger charge is -2.29.